The molecule has 2 rings (SSSR count). The molecule has 1 atom stereocenters. The summed E-state index contributed by atoms with van der Waals surface area (Å²) in [6, 6.07) is 11.2. The minimum Gasteiger partial charge on any atom is -0.457 e. The molecule has 0 saturated heterocycles. The molecule has 0 aliphatic heterocycles. The number of ether oxygens (including phenoxy) is 1. The highest BCUT2D eigenvalue weighted by Gasteiger charge is 2.15. The van der Waals surface area contributed by atoms with Crippen LogP contribution in [0.1, 0.15) is 25.0 Å². The molecule has 0 bridgehead atoms. The van der Waals surface area contributed by atoms with Crippen LogP contribution in [0.15, 0.2) is 42.5 Å². The second-order valence-electron chi connectivity index (χ2n) is 4.43. The van der Waals surface area contributed by atoms with Crippen LogP contribution in [0.25, 0.3) is 0 Å². The normalized spacial score (nSPS) is 12.0. The fraction of sp³-hybridized carbons (Fsp3) is 0.200. The molecule has 0 fully saturated rings. The molecular weight excluding hydrogens is 294 g/mol. The first kappa shape index (κ1) is 15.3. The number of nitro groups is 1. The number of halogens is 1. The van der Waals surface area contributed by atoms with E-state index in [9.17, 15) is 15.2 Å². The van der Waals surface area contributed by atoms with Gasteiger partial charge in [-0.3, -0.25) is 10.1 Å². The van der Waals surface area contributed by atoms with E-state index in [0.717, 1.165) is 0 Å². The highest BCUT2D eigenvalue weighted by Crippen LogP contribution is 2.34. The Kier molecular flexibility index (Phi) is 4.77. The standard InChI is InChI=1S/C15H14ClNO4/c1-2-14(18)11-5-3-4-6-15(11)21-10-7-8-13(17(19)20)12(16)9-10/h3-9,14,18H,2H2,1H3/t14-/m0/s1. The Morgan fingerprint density at radius 1 is 1.33 bits per heavy atom. The molecule has 110 valence electrons. The maximum absolute atomic E-state index is 10.7. The van der Waals surface area contributed by atoms with Crippen molar-refractivity contribution >= 4 is 17.3 Å². The molecule has 21 heavy (non-hydrogen) atoms. The smallest absolute Gasteiger partial charge is 0.288 e. The molecule has 0 heterocycles. The van der Waals surface area contributed by atoms with Crippen LogP contribution in [-0.2, 0) is 0 Å². The van der Waals surface area contributed by atoms with Gasteiger partial charge in [0.15, 0.2) is 0 Å². The number of nitro benzene ring substituents is 1. The van der Waals surface area contributed by atoms with E-state index in [1.165, 1.54) is 18.2 Å². The fourth-order valence-corrected chi connectivity index (χ4v) is 2.13. The molecule has 0 aliphatic rings. The fourth-order valence-electron chi connectivity index (χ4n) is 1.89. The van der Waals surface area contributed by atoms with Gasteiger partial charge in [0.1, 0.15) is 16.5 Å². The van der Waals surface area contributed by atoms with E-state index < -0.39 is 11.0 Å². The van der Waals surface area contributed by atoms with Gasteiger partial charge in [-0.15, -0.1) is 0 Å². The summed E-state index contributed by atoms with van der Waals surface area (Å²) in [5.74, 6) is 0.873. The van der Waals surface area contributed by atoms with Crippen LogP contribution in [0.2, 0.25) is 5.02 Å². The van der Waals surface area contributed by atoms with Crippen molar-refractivity contribution in [2.75, 3.05) is 0 Å². The van der Waals surface area contributed by atoms with E-state index in [2.05, 4.69) is 0 Å². The van der Waals surface area contributed by atoms with Gasteiger partial charge in [0.05, 0.1) is 11.0 Å². The lowest BCUT2D eigenvalue weighted by atomic mass is 10.1. The summed E-state index contributed by atoms with van der Waals surface area (Å²) in [5, 5.41) is 20.7. The zero-order valence-corrected chi connectivity index (χ0v) is 12.1. The second kappa shape index (κ2) is 6.56. The molecule has 0 amide bonds. The Hall–Kier alpha value is -2.11. The van der Waals surface area contributed by atoms with Crippen LogP contribution in [0.4, 0.5) is 5.69 Å². The number of aliphatic hydroxyl groups excluding tert-OH is 1. The summed E-state index contributed by atoms with van der Waals surface area (Å²) < 4.78 is 5.68. The van der Waals surface area contributed by atoms with Gasteiger partial charge in [-0.1, -0.05) is 36.7 Å². The number of aliphatic hydroxyl groups is 1. The molecule has 2 aromatic carbocycles. The van der Waals surface area contributed by atoms with Crippen molar-refractivity contribution < 1.29 is 14.8 Å². The van der Waals surface area contributed by atoms with Gasteiger partial charge >= 0.3 is 0 Å². The van der Waals surface area contributed by atoms with Crippen molar-refractivity contribution in [3.05, 3.63) is 63.2 Å². The molecular formula is C15H14ClNO4. The van der Waals surface area contributed by atoms with Gasteiger partial charge in [0.25, 0.3) is 5.69 Å². The molecule has 0 radical (unpaired) electrons. The lowest BCUT2D eigenvalue weighted by Crippen LogP contribution is -1.98. The Labute approximate surface area is 126 Å². The van der Waals surface area contributed by atoms with E-state index in [1.807, 2.05) is 13.0 Å². The number of benzene rings is 2. The maximum atomic E-state index is 10.7. The zero-order valence-electron chi connectivity index (χ0n) is 11.3. The Balaban J connectivity index is 2.31. The first-order chi connectivity index (χ1) is 10.0. The first-order valence-electron chi connectivity index (χ1n) is 6.41. The van der Waals surface area contributed by atoms with Crippen LogP contribution < -0.4 is 4.74 Å². The van der Waals surface area contributed by atoms with E-state index in [4.69, 9.17) is 16.3 Å². The van der Waals surface area contributed by atoms with Gasteiger partial charge in [-0.2, -0.15) is 0 Å². The highest BCUT2D eigenvalue weighted by molar-refractivity contribution is 6.32. The maximum Gasteiger partial charge on any atom is 0.288 e. The van der Waals surface area contributed by atoms with Crippen LogP contribution in [-0.4, -0.2) is 10.0 Å². The largest absolute Gasteiger partial charge is 0.457 e. The summed E-state index contributed by atoms with van der Waals surface area (Å²) in [7, 11) is 0. The molecule has 0 spiro atoms. The third-order valence-corrected chi connectivity index (χ3v) is 3.31. The van der Waals surface area contributed by atoms with Crippen LogP contribution >= 0.6 is 11.6 Å². The SMILES string of the molecule is CC[C@H](O)c1ccccc1Oc1ccc([N+](=O)[O-])c(Cl)c1. The molecule has 1 N–H and O–H groups in total. The first-order valence-corrected chi connectivity index (χ1v) is 6.79. The minimum absolute atomic E-state index is 0.00558. The number of hydrogen-bond donors (Lipinski definition) is 1. The van der Waals surface area contributed by atoms with Gasteiger partial charge in [-0.25, -0.2) is 0 Å². The second-order valence-corrected chi connectivity index (χ2v) is 4.84. The van der Waals surface area contributed by atoms with Crippen molar-refractivity contribution in [3.63, 3.8) is 0 Å². The number of rotatable bonds is 5. The van der Waals surface area contributed by atoms with Crippen LogP contribution in [0.3, 0.4) is 0 Å². The Morgan fingerprint density at radius 2 is 2.05 bits per heavy atom. The van der Waals surface area contributed by atoms with Gasteiger partial charge in [0, 0.05) is 17.7 Å². The predicted molar refractivity (Wildman–Crippen MR) is 79.9 cm³/mol. The van der Waals surface area contributed by atoms with E-state index in [1.54, 1.807) is 18.2 Å². The molecule has 6 heteroatoms. The van der Waals surface area contributed by atoms with E-state index in [0.29, 0.717) is 23.5 Å². The number of nitrogens with zero attached hydrogens (tertiary/aromatic N) is 1. The van der Waals surface area contributed by atoms with E-state index in [-0.39, 0.29) is 10.7 Å². The van der Waals surface area contributed by atoms with Crippen LogP contribution in [0, 0.1) is 10.1 Å². The topological polar surface area (TPSA) is 72.6 Å². The zero-order chi connectivity index (χ0) is 15.4. The molecule has 0 saturated carbocycles. The van der Waals surface area contributed by atoms with Crippen molar-refractivity contribution in [1.29, 1.82) is 0 Å². The number of hydrogen-bond acceptors (Lipinski definition) is 4. The molecule has 5 nitrogen and oxygen atoms in total. The lowest BCUT2D eigenvalue weighted by Gasteiger charge is -2.14. The van der Waals surface area contributed by atoms with Gasteiger partial charge in [-0.05, 0) is 18.6 Å². The van der Waals surface area contributed by atoms with Gasteiger partial charge < -0.3 is 9.84 Å². The van der Waals surface area contributed by atoms with Crippen molar-refractivity contribution in [3.8, 4) is 11.5 Å². The molecule has 0 unspecified atom stereocenters. The quantitative estimate of drug-likeness (QED) is 0.652. The average Bonchev–Trinajstić information content (AvgIpc) is 2.46. The summed E-state index contributed by atoms with van der Waals surface area (Å²) >= 11 is 5.85. The Morgan fingerprint density at radius 3 is 2.67 bits per heavy atom. The average molecular weight is 308 g/mol. The summed E-state index contributed by atoms with van der Waals surface area (Å²) in [6.45, 7) is 1.87. The minimum atomic E-state index is -0.630. The molecule has 0 aliphatic carbocycles. The van der Waals surface area contributed by atoms with Gasteiger partial charge in [0.2, 0.25) is 0 Å². The van der Waals surface area contributed by atoms with E-state index >= 15 is 0 Å². The third-order valence-electron chi connectivity index (χ3n) is 3.01. The molecule has 2 aromatic rings. The third kappa shape index (κ3) is 3.51. The van der Waals surface area contributed by atoms with Crippen molar-refractivity contribution in [2.45, 2.75) is 19.4 Å². The monoisotopic (exact) mass is 307 g/mol. The van der Waals surface area contributed by atoms with Crippen molar-refractivity contribution in [1.82, 2.24) is 0 Å². The predicted octanol–water partition coefficient (Wildman–Crippen LogP) is 4.48. The number of para-hydroxylation sites is 1. The molecule has 0 aromatic heterocycles. The highest BCUT2D eigenvalue weighted by atomic mass is 35.5. The lowest BCUT2D eigenvalue weighted by molar-refractivity contribution is -0.384. The summed E-state index contributed by atoms with van der Waals surface area (Å²) in [6.07, 6.45) is -0.0730. The summed E-state index contributed by atoms with van der Waals surface area (Å²) in [4.78, 5) is 10.2. The summed E-state index contributed by atoms with van der Waals surface area (Å²) in [5.41, 5.74) is 0.486. The van der Waals surface area contributed by atoms with Crippen LogP contribution in [0.5, 0.6) is 11.5 Å². The Bertz CT molecular complexity index is 660. The van der Waals surface area contributed by atoms with Crippen molar-refractivity contribution in [2.24, 2.45) is 0 Å².